The molecule has 0 aromatic carbocycles. The van der Waals surface area contributed by atoms with Gasteiger partial charge in [0.1, 0.15) is 6.10 Å². The molecular weight excluding hydrogens is 339 g/mol. The number of likely N-dealkylation sites (tertiary alicyclic amines) is 1. The summed E-state index contributed by atoms with van der Waals surface area (Å²) in [6, 6.07) is 4.52. The molecule has 1 atom stereocenters. The Balaban J connectivity index is 1.34. The highest BCUT2D eigenvalue weighted by Crippen LogP contribution is 2.37. The van der Waals surface area contributed by atoms with Gasteiger partial charge in [0, 0.05) is 25.7 Å². The van der Waals surface area contributed by atoms with Gasteiger partial charge >= 0.3 is 0 Å². The average molecular weight is 358 g/mol. The molecule has 136 valence electrons. The van der Waals surface area contributed by atoms with Crippen LogP contribution in [0.4, 0.5) is 4.39 Å². The molecule has 1 amide bonds. The lowest BCUT2D eigenvalue weighted by molar-refractivity contribution is -0.0396. The highest BCUT2D eigenvalue weighted by atomic mass is 19.1. The van der Waals surface area contributed by atoms with E-state index in [1.165, 1.54) is 30.7 Å². The maximum Gasteiger partial charge on any atom is 0.255 e. The van der Waals surface area contributed by atoms with Crippen LogP contribution in [0.2, 0.25) is 0 Å². The zero-order valence-corrected chi connectivity index (χ0v) is 14.2. The SMILES string of the molecule is O=C(c1ccnnc1)N1CCC2(CC1)C[C@H](Oc1ncccc1F)CO2. The Morgan fingerprint density at radius 2 is 2.12 bits per heavy atom. The Morgan fingerprint density at radius 1 is 1.27 bits per heavy atom. The van der Waals surface area contributed by atoms with Crippen LogP contribution in [0.3, 0.4) is 0 Å². The van der Waals surface area contributed by atoms with E-state index in [1.807, 2.05) is 0 Å². The van der Waals surface area contributed by atoms with Gasteiger partial charge in [0.05, 0.1) is 30.2 Å². The molecule has 0 saturated carbocycles. The van der Waals surface area contributed by atoms with Crippen molar-refractivity contribution in [3.8, 4) is 5.88 Å². The van der Waals surface area contributed by atoms with Crippen molar-refractivity contribution >= 4 is 5.91 Å². The third-order valence-electron chi connectivity index (χ3n) is 4.97. The van der Waals surface area contributed by atoms with E-state index in [1.54, 1.807) is 11.0 Å². The monoisotopic (exact) mass is 358 g/mol. The second-order valence-corrected chi connectivity index (χ2v) is 6.65. The zero-order valence-electron chi connectivity index (χ0n) is 14.2. The largest absolute Gasteiger partial charge is 0.470 e. The molecule has 1 spiro atoms. The summed E-state index contributed by atoms with van der Waals surface area (Å²) in [5.41, 5.74) is 0.221. The second-order valence-electron chi connectivity index (χ2n) is 6.65. The number of carbonyl (C=O) groups excluding carboxylic acids is 1. The Labute approximate surface area is 150 Å². The van der Waals surface area contributed by atoms with Gasteiger partial charge in [0.2, 0.25) is 0 Å². The number of piperidine rings is 1. The summed E-state index contributed by atoms with van der Waals surface area (Å²) >= 11 is 0. The summed E-state index contributed by atoms with van der Waals surface area (Å²) in [6.45, 7) is 1.61. The molecule has 2 aromatic heterocycles. The third-order valence-corrected chi connectivity index (χ3v) is 4.97. The molecular formula is C18H19FN4O3. The van der Waals surface area contributed by atoms with Crippen LogP contribution in [0.15, 0.2) is 36.8 Å². The zero-order chi connectivity index (χ0) is 18.0. The number of pyridine rings is 1. The molecule has 7 nitrogen and oxygen atoms in total. The summed E-state index contributed by atoms with van der Waals surface area (Å²) in [4.78, 5) is 18.2. The molecule has 2 aliphatic heterocycles. The van der Waals surface area contributed by atoms with Crippen molar-refractivity contribution in [2.24, 2.45) is 0 Å². The first-order chi connectivity index (χ1) is 12.7. The smallest absolute Gasteiger partial charge is 0.255 e. The van der Waals surface area contributed by atoms with Crippen LogP contribution in [0.1, 0.15) is 29.6 Å². The fraction of sp³-hybridized carbons (Fsp3) is 0.444. The molecule has 2 aromatic rings. The van der Waals surface area contributed by atoms with Crippen LogP contribution >= 0.6 is 0 Å². The van der Waals surface area contributed by atoms with E-state index < -0.39 is 5.82 Å². The van der Waals surface area contributed by atoms with Crippen molar-refractivity contribution < 1.29 is 18.7 Å². The van der Waals surface area contributed by atoms with Crippen LogP contribution in [0.5, 0.6) is 5.88 Å². The molecule has 2 saturated heterocycles. The third kappa shape index (κ3) is 3.37. The number of amides is 1. The van der Waals surface area contributed by atoms with Crippen LogP contribution in [0, 0.1) is 5.82 Å². The molecule has 0 bridgehead atoms. The normalized spacial score (nSPS) is 21.7. The molecule has 2 fully saturated rings. The number of ether oxygens (including phenoxy) is 2. The van der Waals surface area contributed by atoms with Crippen molar-refractivity contribution in [2.75, 3.05) is 19.7 Å². The summed E-state index contributed by atoms with van der Waals surface area (Å²) in [7, 11) is 0. The van der Waals surface area contributed by atoms with Gasteiger partial charge in [0.15, 0.2) is 5.82 Å². The maximum atomic E-state index is 13.7. The first kappa shape index (κ1) is 16.8. The minimum Gasteiger partial charge on any atom is -0.470 e. The molecule has 0 radical (unpaired) electrons. The quantitative estimate of drug-likeness (QED) is 0.833. The lowest BCUT2D eigenvalue weighted by Gasteiger charge is -2.38. The number of halogens is 1. The number of rotatable bonds is 3. The molecule has 0 unspecified atom stereocenters. The van der Waals surface area contributed by atoms with Crippen LogP contribution in [-0.4, -0.2) is 57.4 Å². The molecule has 4 heterocycles. The maximum absolute atomic E-state index is 13.7. The van der Waals surface area contributed by atoms with Gasteiger partial charge in [-0.25, -0.2) is 9.37 Å². The minimum absolute atomic E-state index is 0.0101. The van der Waals surface area contributed by atoms with Crippen molar-refractivity contribution in [1.82, 2.24) is 20.1 Å². The van der Waals surface area contributed by atoms with E-state index in [0.717, 1.165) is 12.8 Å². The van der Waals surface area contributed by atoms with Crippen LogP contribution in [-0.2, 0) is 4.74 Å². The van der Waals surface area contributed by atoms with Crippen molar-refractivity contribution in [3.05, 3.63) is 48.2 Å². The Morgan fingerprint density at radius 3 is 2.85 bits per heavy atom. The topological polar surface area (TPSA) is 77.4 Å². The van der Waals surface area contributed by atoms with E-state index >= 15 is 0 Å². The first-order valence-electron chi connectivity index (χ1n) is 8.62. The summed E-state index contributed by atoms with van der Waals surface area (Å²) in [5, 5.41) is 7.45. The van der Waals surface area contributed by atoms with Gasteiger partial charge in [-0.15, -0.1) is 0 Å². The molecule has 4 rings (SSSR count). The number of carbonyl (C=O) groups is 1. The standard InChI is InChI=1S/C18H19FN4O3/c19-15-2-1-6-20-16(15)26-14-10-18(25-12-14)4-8-23(9-5-18)17(24)13-3-7-21-22-11-13/h1-3,6-7,11,14H,4-5,8-10,12H2/t14-/m0/s1. The lowest BCUT2D eigenvalue weighted by atomic mass is 9.88. The fourth-order valence-corrected chi connectivity index (χ4v) is 3.56. The van der Waals surface area contributed by atoms with E-state index in [9.17, 15) is 9.18 Å². The highest BCUT2D eigenvalue weighted by molar-refractivity contribution is 5.93. The van der Waals surface area contributed by atoms with Gasteiger partial charge in [-0.3, -0.25) is 4.79 Å². The number of hydrogen-bond acceptors (Lipinski definition) is 6. The summed E-state index contributed by atoms with van der Waals surface area (Å²) < 4.78 is 25.4. The van der Waals surface area contributed by atoms with Crippen molar-refractivity contribution in [1.29, 1.82) is 0 Å². The second kappa shape index (κ2) is 6.95. The molecule has 0 N–H and O–H groups in total. The van der Waals surface area contributed by atoms with Crippen molar-refractivity contribution in [3.63, 3.8) is 0 Å². The van der Waals surface area contributed by atoms with Crippen LogP contribution < -0.4 is 4.74 Å². The predicted molar refractivity (Wildman–Crippen MR) is 89.1 cm³/mol. The van der Waals surface area contributed by atoms with Gasteiger partial charge in [0.25, 0.3) is 11.8 Å². The van der Waals surface area contributed by atoms with E-state index in [-0.39, 0.29) is 23.5 Å². The molecule has 8 heteroatoms. The molecule has 0 aliphatic carbocycles. The van der Waals surface area contributed by atoms with E-state index in [2.05, 4.69) is 15.2 Å². The van der Waals surface area contributed by atoms with Crippen LogP contribution in [0.25, 0.3) is 0 Å². The molecule has 2 aliphatic rings. The lowest BCUT2D eigenvalue weighted by Crippen LogP contribution is -2.46. The van der Waals surface area contributed by atoms with E-state index in [0.29, 0.717) is 31.7 Å². The Kier molecular flexibility index (Phi) is 4.50. The average Bonchev–Trinajstić information content (AvgIpc) is 3.06. The van der Waals surface area contributed by atoms with Gasteiger partial charge in [-0.05, 0) is 31.0 Å². The molecule has 26 heavy (non-hydrogen) atoms. The fourth-order valence-electron chi connectivity index (χ4n) is 3.56. The summed E-state index contributed by atoms with van der Waals surface area (Å²) in [6.07, 6.45) is 6.38. The number of nitrogens with zero attached hydrogens (tertiary/aromatic N) is 4. The first-order valence-corrected chi connectivity index (χ1v) is 8.62. The Hall–Kier alpha value is -2.61. The predicted octanol–water partition coefficient (Wildman–Crippen LogP) is 1.85. The highest BCUT2D eigenvalue weighted by Gasteiger charge is 2.44. The summed E-state index contributed by atoms with van der Waals surface area (Å²) in [5.74, 6) is -0.508. The van der Waals surface area contributed by atoms with Crippen molar-refractivity contribution in [2.45, 2.75) is 31.0 Å². The number of hydrogen-bond donors (Lipinski definition) is 0. The van der Waals surface area contributed by atoms with Gasteiger partial charge in [-0.1, -0.05) is 0 Å². The van der Waals surface area contributed by atoms with Gasteiger partial charge < -0.3 is 14.4 Å². The Bertz CT molecular complexity index is 781. The minimum atomic E-state index is -0.472. The van der Waals surface area contributed by atoms with Gasteiger partial charge in [-0.2, -0.15) is 10.2 Å². The number of aromatic nitrogens is 3. The van der Waals surface area contributed by atoms with E-state index in [4.69, 9.17) is 9.47 Å².